The number of ether oxygens (including phenoxy) is 1. The number of hydrogen-bond donors (Lipinski definition) is 2. The maximum atomic E-state index is 12.8. The van der Waals surface area contributed by atoms with Gasteiger partial charge >= 0.3 is 0 Å². The summed E-state index contributed by atoms with van der Waals surface area (Å²) in [5.74, 6) is 0.971. The van der Waals surface area contributed by atoms with Gasteiger partial charge in [0.05, 0.1) is 0 Å². The molecule has 0 radical (unpaired) electrons. The third-order valence-electron chi connectivity index (χ3n) is 5.30. The molecule has 1 heterocycles. The molecule has 1 aliphatic rings. The number of hydrogen-bond acceptors (Lipinski definition) is 3. The van der Waals surface area contributed by atoms with E-state index in [1.165, 1.54) is 0 Å². The number of phenols is 1. The van der Waals surface area contributed by atoms with Crippen molar-refractivity contribution in [3.63, 3.8) is 0 Å². The first-order valence-electron chi connectivity index (χ1n) is 8.66. The van der Waals surface area contributed by atoms with Gasteiger partial charge in [0.25, 0.3) is 5.91 Å². The van der Waals surface area contributed by atoms with Crippen molar-refractivity contribution in [3.05, 3.63) is 58.1 Å². The molecule has 0 aliphatic carbocycles. The standard InChI is InChI=1S/C21H25NO3/c1-13-14(2)19-17(15(3)18(13)23)10-11-21(4,25-19)20(24)22-12-16-8-6-5-7-9-16/h5-9,23H,10-12H2,1-4H3,(H,22,24). The summed E-state index contributed by atoms with van der Waals surface area (Å²) in [4.78, 5) is 12.8. The van der Waals surface area contributed by atoms with E-state index in [1.807, 2.05) is 58.0 Å². The van der Waals surface area contributed by atoms with Crippen LogP contribution in [0.1, 0.15) is 41.2 Å². The number of benzene rings is 2. The normalized spacial score (nSPS) is 19.0. The molecule has 2 aromatic rings. The smallest absolute Gasteiger partial charge is 0.264 e. The molecule has 2 aromatic carbocycles. The van der Waals surface area contributed by atoms with Crippen molar-refractivity contribution in [3.8, 4) is 11.5 Å². The largest absolute Gasteiger partial charge is 0.507 e. The van der Waals surface area contributed by atoms with Crippen molar-refractivity contribution in [2.75, 3.05) is 0 Å². The van der Waals surface area contributed by atoms with Crippen molar-refractivity contribution >= 4 is 5.91 Å². The van der Waals surface area contributed by atoms with Gasteiger partial charge in [-0.15, -0.1) is 0 Å². The van der Waals surface area contributed by atoms with Crippen molar-refractivity contribution < 1.29 is 14.6 Å². The maximum Gasteiger partial charge on any atom is 0.264 e. The van der Waals surface area contributed by atoms with E-state index in [4.69, 9.17) is 4.74 Å². The summed E-state index contributed by atoms with van der Waals surface area (Å²) in [5.41, 5.74) is 3.73. The fourth-order valence-electron chi connectivity index (χ4n) is 3.37. The van der Waals surface area contributed by atoms with Crippen LogP contribution in [0.25, 0.3) is 0 Å². The quantitative estimate of drug-likeness (QED) is 0.896. The van der Waals surface area contributed by atoms with Gasteiger partial charge in [0, 0.05) is 18.5 Å². The molecule has 1 amide bonds. The Labute approximate surface area is 148 Å². The first-order valence-corrected chi connectivity index (χ1v) is 8.66. The van der Waals surface area contributed by atoms with E-state index in [0.29, 0.717) is 25.1 Å². The second kappa shape index (κ2) is 6.43. The highest BCUT2D eigenvalue weighted by molar-refractivity contribution is 5.85. The second-order valence-electron chi connectivity index (χ2n) is 7.03. The van der Waals surface area contributed by atoms with Crippen LogP contribution in [0, 0.1) is 20.8 Å². The Kier molecular flexibility index (Phi) is 4.46. The number of phenolic OH excluding ortho intramolecular Hbond substituents is 1. The summed E-state index contributed by atoms with van der Waals surface area (Å²) in [6.45, 7) is 8.04. The van der Waals surface area contributed by atoms with Gasteiger partial charge in [-0.05, 0) is 56.4 Å². The zero-order valence-corrected chi connectivity index (χ0v) is 15.3. The second-order valence-corrected chi connectivity index (χ2v) is 7.03. The highest BCUT2D eigenvalue weighted by atomic mass is 16.5. The molecule has 1 atom stereocenters. The molecule has 0 saturated carbocycles. The predicted octanol–water partition coefficient (Wildman–Crippen LogP) is 3.72. The first kappa shape index (κ1) is 17.3. The van der Waals surface area contributed by atoms with Crippen molar-refractivity contribution in [1.82, 2.24) is 5.32 Å². The molecule has 25 heavy (non-hydrogen) atoms. The van der Waals surface area contributed by atoms with Crippen LogP contribution in [0.5, 0.6) is 11.5 Å². The van der Waals surface area contributed by atoms with Gasteiger partial charge in [-0.2, -0.15) is 0 Å². The minimum Gasteiger partial charge on any atom is -0.507 e. The van der Waals surface area contributed by atoms with Crippen LogP contribution >= 0.6 is 0 Å². The third-order valence-corrected chi connectivity index (χ3v) is 5.30. The van der Waals surface area contributed by atoms with Crippen LogP contribution in [0.4, 0.5) is 0 Å². The van der Waals surface area contributed by atoms with E-state index in [-0.39, 0.29) is 5.91 Å². The summed E-state index contributed by atoms with van der Waals surface area (Å²) in [6.07, 6.45) is 1.30. The van der Waals surface area contributed by atoms with E-state index >= 15 is 0 Å². The topological polar surface area (TPSA) is 58.6 Å². The Morgan fingerprint density at radius 2 is 1.84 bits per heavy atom. The monoisotopic (exact) mass is 339 g/mol. The first-order chi connectivity index (χ1) is 11.8. The lowest BCUT2D eigenvalue weighted by atomic mass is 9.86. The third kappa shape index (κ3) is 3.09. The lowest BCUT2D eigenvalue weighted by Crippen LogP contribution is -2.50. The maximum absolute atomic E-state index is 12.8. The number of nitrogens with one attached hydrogen (secondary N) is 1. The number of aromatic hydroxyl groups is 1. The molecule has 0 spiro atoms. The van der Waals surface area contributed by atoms with Crippen LogP contribution in [-0.2, 0) is 17.8 Å². The van der Waals surface area contributed by atoms with Crippen molar-refractivity contribution in [1.29, 1.82) is 0 Å². The highest BCUT2D eigenvalue weighted by Crippen LogP contribution is 2.43. The molecule has 0 aromatic heterocycles. The van der Waals surface area contributed by atoms with Crippen molar-refractivity contribution in [2.24, 2.45) is 0 Å². The SMILES string of the molecule is Cc1c(C)c2c(c(C)c1O)CCC(C)(C(=O)NCc1ccccc1)O2. The summed E-state index contributed by atoms with van der Waals surface area (Å²) in [5, 5.41) is 13.2. The van der Waals surface area contributed by atoms with Gasteiger partial charge in [0.15, 0.2) is 5.60 Å². The summed E-state index contributed by atoms with van der Waals surface area (Å²) in [6, 6.07) is 9.84. The molecule has 0 fully saturated rings. The molecule has 2 N–H and O–H groups in total. The summed E-state index contributed by atoms with van der Waals surface area (Å²) >= 11 is 0. The average Bonchev–Trinajstić information content (AvgIpc) is 2.63. The fraction of sp³-hybridized carbons (Fsp3) is 0.381. The van der Waals surface area contributed by atoms with E-state index < -0.39 is 5.60 Å². The average molecular weight is 339 g/mol. The number of rotatable bonds is 3. The van der Waals surface area contributed by atoms with Gasteiger partial charge in [-0.25, -0.2) is 0 Å². The van der Waals surface area contributed by atoms with Gasteiger partial charge in [0.2, 0.25) is 0 Å². The van der Waals surface area contributed by atoms with Crippen LogP contribution in [0.15, 0.2) is 30.3 Å². The van der Waals surface area contributed by atoms with E-state index in [9.17, 15) is 9.90 Å². The summed E-state index contributed by atoms with van der Waals surface area (Å²) in [7, 11) is 0. The molecule has 1 unspecified atom stereocenters. The molecule has 132 valence electrons. The molecule has 1 aliphatic heterocycles. The lowest BCUT2D eigenvalue weighted by Gasteiger charge is -2.36. The molecule has 4 heteroatoms. The molecular formula is C21H25NO3. The predicted molar refractivity (Wildman–Crippen MR) is 98.0 cm³/mol. The van der Waals surface area contributed by atoms with Gasteiger partial charge in [-0.1, -0.05) is 30.3 Å². The minimum atomic E-state index is -0.900. The number of amides is 1. The van der Waals surface area contributed by atoms with Crippen LogP contribution in [-0.4, -0.2) is 16.6 Å². The molecule has 0 bridgehead atoms. The number of fused-ring (bicyclic) bond motifs is 1. The van der Waals surface area contributed by atoms with Crippen molar-refractivity contribution in [2.45, 2.75) is 52.7 Å². The van der Waals surface area contributed by atoms with Crippen LogP contribution in [0.3, 0.4) is 0 Å². The van der Waals surface area contributed by atoms with E-state index in [0.717, 1.165) is 33.6 Å². The Balaban J connectivity index is 1.82. The number of carbonyl (C=O) groups is 1. The summed E-state index contributed by atoms with van der Waals surface area (Å²) < 4.78 is 6.19. The Bertz CT molecular complexity index is 814. The Morgan fingerprint density at radius 1 is 1.16 bits per heavy atom. The lowest BCUT2D eigenvalue weighted by molar-refractivity contribution is -0.137. The van der Waals surface area contributed by atoms with Gasteiger partial charge < -0.3 is 15.2 Å². The van der Waals surface area contributed by atoms with Crippen LogP contribution < -0.4 is 10.1 Å². The molecule has 3 rings (SSSR count). The molecule has 0 saturated heterocycles. The Hall–Kier alpha value is -2.49. The van der Waals surface area contributed by atoms with Gasteiger partial charge in [0.1, 0.15) is 11.5 Å². The fourth-order valence-corrected chi connectivity index (χ4v) is 3.37. The Morgan fingerprint density at radius 3 is 2.52 bits per heavy atom. The minimum absolute atomic E-state index is 0.107. The zero-order chi connectivity index (χ0) is 18.2. The highest BCUT2D eigenvalue weighted by Gasteiger charge is 2.40. The molecular weight excluding hydrogens is 314 g/mol. The van der Waals surface area contributed by atoms with Crippen LogP contribution in [0.2, 0.25) is 0 Å². The molecule has 4 nitrogen and oxygen atoms in total. The number of carbonyl (C=O) groups excluding carboxylic acids is 1. The van der Waals surface area contributed by atoms with E-state index in [2.05, 4.69) is 5.32 Å². The zero-order valence-electron chi connectivity index (χ0n) is 15.3. The van der Waals surface area contributed by atoms with Gasteiger partial charge in [-0.3, -0.25) is 4.79 Å². The van der Waals surface area contributed by atoms with E-state index in [1.54, 1.807) is 0 Å².